The molecule has 1 N–H and O–H groups in total. The molecule has 4 rings (SSSR count). The van der Waals surface area contributed by atoms with Gasteiger partial charge in [-0.2, -0.15) is 9.50 Å². The van der Waals surface area contributed by atoms with E-state index in [1.807, 2.05) is 54.6 Å². The second-order valence-corrected chi connectivity index (χ2v) is 5.89. The molecule has 0 spiro atoms. The van der Waals surface area contributed by atoms with Crippen LogP contribution in [0.15, 0.2) is 65.5 Å². The zero-order chi connectivity index (χ0) is 16.5. The van der Waals surface area contributed by atoms with E-state index < -0.39 is 0 Å². The average Bonchev–Trinajstić information content (AvgIpc) is 3.01. The lowest BCUT2D eigenvalue weighted by Crippen LogP contribution is -2.14. The van der Waals surface area contributed by atoms with Crippen molar-refractivity contribution < 1.29 is 0 Å². The Bertz CT molecular complexity index is 1050. The minimum atomic E-state index is -0.186. The molecule has 0 saturated heterocycles. The molecule has 0 aliphatic rings. The molecule has 2 heterocycles. The van der Waals surface area contributed by atoms with Crippen molar-refractivity contribution in [3.8, 4) is 11.3 Å². The van der Waals surface area contributed by atoms with Crippen LogP contribution >= 0.6 is 11.6 Å². The molecule has 0 saturated carbocycles. The molecule has 2 aromatic heterocycles. The molecule has 0 amide bonds. The van der Waals surface area contributed by atoms with Gasteiger partial charge in [0.1, 0.15) is 5.82 Å². The summed E-state index contributed by atoms with van der Waals surface area (Å²) in [6.45, 7) is 0. The first-order valence-electron chi connectivity index (χ1n) is 7.47. The highest BCUT2D eigenvalue weighted by Crippen LogP contribution is 2.16. The number of H-pyrrole nitrogens is 1. The molecule has 0 aliphatic carbocycles. The van der Waals surface area contributed by atoms with Crippen molar-refractivity contribution in [3.05, 3.63) is 87.4 Å². The maximum atomic E-state index is 12.3. The van der Waals surface area contributed by atoms with E-state index in [-0.39, 0.29) is 5.56 Å². The number of aromatic nitrogens is 4. The Morgan fingerprint density at radius 3 is 2.50 bits per heavy atom. The Labute approximate surface area is 142 Å². The fourth-order valence-corrected chi connectivity index (χ4v) is 2.68. The Balaban J connectivity index is 1.74. The number of hydrogen-bond acceptors (Lipinski definition) is 3. The number of halogens is 1. The van der Waals surface area contributed by atoms with E-state index in [0.29, 0.717) is 28.7 Å². The van der Waals surface area contributed by atoms with E-state index in [1.165, 1.54) is 10.6 Å². The average molecular weight is 337 g/mol. The van der Waals surface area contributed by atoms with Crippen molar-refractivity contribution >= 4 is 17.4 Å². The number of hydrogen-bond donors (Lipinski definition) is 1. The first kappa shape index (κ1) is 14.7. The van der Waals surface area contributed by atoms with Gasteiger partial charge in [0, 0.05) is 23.1 Å². The summed E-state index contributed by atoms with van der Waals surface area (Å²) >= 11 is 5.90. The lowest BCUT2D eigenvalue weighted by molar-refractivity contribution is 0.864. The maximum Gasteiger partial charge on any atom is 0.274 e. The summed E-state index contributed by atoms with van der Waals surface area (Å²) in [5, 5.41) is 3.69. The Hall–Kier alpha value is -2.92. The van der Waals surface area contributed by atoms with Crippen LogP contribution in [0.5, 0.6) is 0 Å². The van der Waals surface area contributed by atoms with Crippen molar-refractivity contribution in [2.45, 2.75) is 6.42 Å². The molecular formula is C18H13ClN4O. The molecule has 2 aromatic carbocycles. The second-order valence-electron chi connectivity index (χ2n) is 5.45. The van der Waals surface area contributed by atoms with E-state index in [9.17, 15) is 4.79 Å². The van der Waals surface area contributed by atoms with Crippen LogP contribution in [-0.2, 0) is 6.42 Å². The molecule has 0 aliphatic heterocycles. The zero-order valence-electron chi connectivity index (χ0n) is 12.6. The third kappa shape index (κ3) is 2.81. The number of nitrogens with zero attached hydrogens (tertiary/aromatic N) is 3. The van der Waals surface area contributed by atoms with E-state index in [4.69, 9.17) is 11.6 Å². The molecule has 118 valence electrons. The van der Waals surface area contributed by atoms with Crippen molar-refractivity contribution in [2.75, 3.05) is 0 Å². The minimum absolute atomic E-state index is 0.186. The standard InChI is InChI=1S/C18H13ClN4O/c19-14-8-6-12(7-9-14)10-16-21-18-20-15(11-17(24)23(18)22-16)13-4-2-1-3-5-13/h1-9,11H,10H2,(H,20,21,22). The van der Waals surface area contributed by atoms with Crippen LogP contribution in [0.1, 0.15) is 11.4 Å². The lowest BCUT2D eigenvalue weighted by atomic mass is 10.1. The van der Waals surface area contributed by atoms with Gasteiger partial charge in [-0.05, 0) is 17.7 Å². The van der Waals surface area contributed by atoms with E-state index >= 15 is 0 Å². The summed E-state index contributed by atoms with van der Waals surface area (Å²) in [5.41, 5.74) is 2.37. The summed E-state index contributed by atoms with van der Waals surface area (Å²) in [6.07, 6.45) is 0.570. The summed E-state index contributed by atoms with van der Waals surface area (Å²) in [5.74, 6) is 1.04. The second kappa shape index (κ2) is 5.94. The van der Waals surface area contributed by atoms with Crippen LogP contribution in [0, 0.1) is 0 Å². The fourth-order valence-electron chi connectivity index (χ4n) is 2.56. The molecule has 0 atom stereocenters. The van der Waals surface area contributed by atoms with Crippen LogP contribution in [0.3, 0.4) is 0 Å². The van der Waals surface area contributed by atoms with Gasteiger partial charge in [0.15, 0.2) is 0 Å². The number of benzene rings is 2. The number of nitrogens with one attached hydrogen (secondary N) is 1. The van der Waals surface area contributed by atoms with Crippen LogP contribution in [0.2, 0.25) is 5.02 Å². The van der Waals surface area contributed by atoms with Gasteiger partial charge in [-0.3, -0.25) is 9.89 Å². The lowest BCUT2D eigenvalue weighted by Gasteiger charge is -1.99. The summed E-state index contributed by atoms with van der Waals surface area (Å²) in [4.78, 5) is 21.2. The van der Waals surface area contributed by atoms with Gasteiger partial charge in [-0.15, -0.1) is 0 Å². The zero-order valence-corrected chi connectivity index (χ0v) is 13.4. The van der Waals surface area contributed by atoms with Crippen LogP contribution < -0.4 is 5.56 Å². The molecule has 0 fully saturated rings. The van der Waals surface area contributed by atoms with Crippen molar-refractivity contribution in [1.82, 2.24) is 19.6 Å². The van der Waals surface area contributed by atoms with Crippen molar-refractivity contribution in [2.24, 2.45) is 0 Å². The smallest absolute Gasteiger partial charge is 0.274 e. The minimum Gasteiger partial charge on any atom is -0.275 e. The van der Waals surface area contributed by atoms with Gasteiger partial charge in [-0.1, -0.05) is 54.1 Å². The monoisotopic (exact) mass is 336 g/mol. The molecule has 4 aromatic rings. The van der Waals surface area contributed by atoms with Gasteiger partial charge in [0.25, 0.3) is 11.3 Å². The molecule has 5 nitrogen and oxygen atoms in total. The highest BCUT2D eigenvalue weighted by molar-refractivity contribution is 6.30. The van der Waals surface area contributed by atoms with Crippen LogP contribution in [0.25, 0.3) is 17.0 Å². The first-order valence-corrected chi connectivity index (χ1v) is 7.85. The van der Waals surface area contributed by atoms with Crippen LogP contribution in [-0.4, -0.2) is 19.6 Å². The Kier molecular flexibility index (Phi) is 3.63. The van der Waals surface area contributed by atoms with Crippen molar-refractivity contribution in [1.29, 1.82) is 0 Å². The van der Waals surface area contributed by atoms with E-state index in [0.717, 1.165) is 11.1 Å². The largest absolute Gasteiger partial charge is 0.275 e. The highest BCUT2D eigenvalue weighted by atomic mass is 35.5. The number of fused-ring (bicyclic) bond motifs is 1. The quantitative estimate of drug-likeness (QED) is 0.624. The summed E-state index contributed by atoms with van der Waals surface area (Å²) < 4.78 is 1.36. The van der Waals surface area contributed by atoms with Gasteiger partial charge >= 0.3 is 0 Å². The predicted molar refractivity (Wildman–Crippen MR) is 93.3 cm³/mol. The molecule has 6 heteroatoms. The van der Waals surface area contributed by atoms with Gasteiger partial charge in [0.2, 0.25) is 0 Å². The third-order valence-corrected chi connectivity index (χ3v) is 3.98. The molecular weight excluding hydrogens is 324 g/mol. The highest BCUT2D eigenvalue weighted by Gasteiger charge is 2.09. The predicted octanol–water partition coefficient (Wildman–Crippen LogP) is 3.33. The molecule has 0 radical (unpaired) electrons. The maximum absolute atomic E-state index is 12.3. The normalized spacial score (nSPS) is 11.0. The number of aromatic amines is 1. The third-order valence-electron chi connectivity index (χ3n) is 3.73. The van der Waals surface area contributed by atoms with Crippen molar-refractivity contribution in [3.63, 3.8) is 0 Å². The van der Waals surface area contributed by atoms with Crippen LogP contribution in [0.4, 0.5) is 0 Å². The summed E-state index contributed by atoms with van der Waals surface area (Å²) in [6, 6.07) is 18.6. The van der Waals surface area contributed by atoms with Gasteiger partial charge in [0.05, 0.1) is 5.69 Å². The molecule has 24 heavy (non-hydrogen) atoms. The topological polar surface area (TPSA) is 63.0 Å². The van der Waals surface area contributed by atoms with E-state index in [1.54, 1.807) is 0 Å². The number of rotatable bonds is 3. The van der Waals surface area contributed by atoms with Gasteiger partial charge < -0.3 is 0 Å². The fraction of sp³-hybridized carbons (Fsp3) is 0.0556. The first-order chi connectivity index (χ1) is 11.7. The molecule has 0 bridgehead atoms. The molecule has 0 unspecified atom stereocenters. The van der Waals surface area contributed by atoms with Gasteiger partial charge in [-0.25, -0.2) is 4.98 Å². The van der Waals surface area contributed by atoms with E-state index in [2.05, 4.69) is 15.1 Å². The Morgan fingerprint density at radius 1 is 1.00 bits per heavy atom. The Morgan fingerprint density at radius 2 is 1.75 bits per heavy atom. The summed E-state index contributed by atoms with van der Waals surface area (Å²) in [7, 11) is 0. The SMILES string of the molecule is O=c1cc(-c2ccccc2)nc2nc(Cc3ccc(Cl)cc3)[nH]n12.